The zero-order valence-corrected chi connectivity index (χ0v) is 11.3. The van der Waals surface area contributed by atoms with Crippen molar-refractivity contribution in [3.63, 3.8) is 0 Å². The quantitative estimate of drug-likeness (QED) is 0.724. The van der Waals surface area contributed by atoms with Gasteiger partial charge in [-0.05, 0) is 31.0 Å². The first-order valence-corrected chi connectivity index (χ1v) is 7.20. The van der Waals surface area contributed by atoms with Crippen molar-refractivity contribution in [2.75, 3.05) is 5.73 Å². The van der Waals surface area contributed by atoms with Gasteiger partial charge in [0.25, 0.3) is 0 Å². The van der Waals surface area contributed by atoms with Crippen LogP contribution in [0, 0.1) is 0 Å². The number of rotatable bonds is 4. The third kappa shape index (κ3) is 2.81. The second kappa shape index (κ2) is 4.60. The van der Waals surface area contributed by atoms with E-state index in [1.807, 2.05) is 0 Å². The zero-order chi connectivity index (χ0) is 16.1. The molecule has 116 valence electrons. The van der Waals surface area contributed by atoms with Crippen molar-refractivity contribution in [2.45, 2.75) is 29.5 Å². The maximum Gasteiger partial charge on any atom is 0.407 e. The van der Waals surface area contributed by atoms with E-state index < -0.39 is 38.2 Å². The number of halogens is 3. The molecule has 4 N–H and O–H groups in total. The minimum absolute atomic E-state index is 0.0720. The standard InChI is InChI=1S/C11H11F3N2O4S/c12-11(13,14)10(3-4-10)16-21(19,20)8-5-6(15)1-2-7(8)9(17)18/h1-2,5,16H,3-4,15H2,(H,17,18). The molecule has 0 aromatic heterocycles. The van der Waals surface area contributed by atoms with Crippen LogP contribution in [0.3, 0.4) is 0 Å². The molecule has 0 radical (unpaired) electrons. The largest absolute Gasteiger partial charge is 0.478 e. The highest BCUT2D eigenvalue weighted by atomic mass is 32.2. The van der Waals surface area contributed by atoms with E-state index in [2.05, 4.69) is 0 Å². The van der Waals surface area contributed by atoms with Crippen LogP contribution in [0.2, 0.25) is 0 Å². The van der Waals surface area contributed by atoms with Gasteiger partial charge >= 0.3 is 12.1 Å². The van der Waals surface area contributed by atoms with Gasteiger partial charge in [0.1, 0.15) is 5.54 Å². The van der Waals surface area contributed by atoms with E-state index in [-0.39, 0.29) is 18.5 Å². The van der Waals surface area contributed by atoms with Gasteiger partial charge in [-0.2, -0.15) is 17.9 Å². The van der Waals surface area contributed by atoms with Gasteiger partial charge in [-0.1, -0.05) is 0 Å². The summed E-state index contributed by atoms with van der Waals surface area (Å²) in [7, 11) is -4.67. The number of aromatic carboxylic acids is 1. The lowest BCUT2D eigenvalue weighted by Gasteiger charge is -2.21. The number of nitrogen functional groups attached to an aromatic ring is 1. The molecule has 1 fully saturated rings. The van der Waals surface area contributed by atoms with Crippen LogP contribution in [-0.2, 0) is 10.0 Å². The second-order valence-electron chi connectivity index (χ2n) is 4.75. The molecule has 21 heavy (non-hydrogen) atoms. The number of carboxylic acid groups (broad SMARTS) is 1. The van der Waals surface area contributed by atoms with Crippen molar-refractivity contribution in [1.82, 2.24) is 4.72 Å². The van der Waals surface area contributed by atoms with Gasteiger partial charge in [-0.15, -0.1) is 0 Å². The van der Waals surface area contributed by atoms with Gasteiger partial charge in [-0.25, -0.2) is 13.2 Å². The maximum atomic E-state index is 12.8. The van der Waals surface area contributed by atoms with Crippen LogP contribution < -0.4 is 10.5 Å². The molecule has 10 heteroatoms. The van der Waals surface area contributed by atoms with Gasteiger partial charge in [0.05, 0.1) is 10.5 Å². The third-order valence-corrected chi connectivity index (χ3v) is 4.72. The smallest absolute Gasteiger partial charge is 0.407 e. The Kier molecular flexibility index (Phi) is 3.41. The fourth-order valence-corrected chi connectivity index (χ4v) is 3.50. The third-order valence-electron chi connectivity index (χ3n) is 3.15. The molecule has 6 nitrogen and oxygen atoms in total. The molecule has 0 heterocycles. The van der Waals surface area contributed by atoms with E-state index in [4.69, 9.17) is 10.8 Å². The summed E-state index contributed by atoms with van der Waals surface area (Å²) < 4.78 is 64.2. The molecule has 0 unspecified atom stereocenters. The van der Waals surface area contributed by atoms with Gasteiger partial charge in [0, 0.05) is 5.69 Å². The molecule has 0 saturated heterocycles. The number of anilines is 1. The minimum Gasteiger partial charge on any atom is -0.478 e. The second-order valence-corrected chi connectivity index (χ2v) is 6.40. The van der Waals surface area contributed by atoms with E-state index in [0.29, 0.717) is 0 Å². The predicted octanol–water partition coefficient (Wildman–Crippen LogP) is 1.34. The van der Waals surface area contributed by atoms with Crippen LogP contribution in [0.1, 0.15) is 23.2 Å². The minimum atomic E-state index is -4.75. The summed E-state index contributed by atoms with van der Waals surface area (Å²) in [6.45, 7) is 0. The van der Waals surface area contributed by atoms with E-state index in [0.717, 1.165) is 18.2 Å². The zero-order valence-electron chi connectivity index (χ0n) is 10.4. The van der Waals surface area contributed by atoms with Gasteiger partial charge in [-0.3, -0.25) is 0 Å². The number of hydrogen-bond donors (Lipinski definition) is 3. The highest BCUT2D eigenvalue weighted by Crippen LogP contribution is 2.49. The fraction of sp³-hybridized carbons (Fsp3) is 0.364. The maximum absolute atomic E-state index is 12.8. The average molecular weight is 324 g/mol. The Balaban J connectivity index is 2.46. The monoisotopic (exact) mass is 324 g/mol. The first-order chi connectivity index (χ1) is 9.48. The Morgan fingerprint density at radius 2 is 1.90 bits per heavy atom. The summed E-state index contributed by atoms with van der Waals surface area (Å²) in [4.78, 5) is 10.2. The molecule has 0 aliphatic heterocycles. The first-order valence-electron chi connectivity index (χ1n) is 5.72. The number of carbonyl (C=O) groups is 1. The van der Waals surface area contributed by atoms with Crippen LogP contribution in [0.25, 0.3) is 0 Å². The first kappa shape index (κ1) is 15.6. The van der Waals surface area contributed by atoms with Gasteiger partial charge < -0.3 is 10.8 Å². The van der Waals surface area contributed by atoms with E-state index >= 15 is 0 Å². The van der Waals surface area contributed by atoms with Crippen molar-refractivity contribution in [3.05, 3.63) is 23.8 Å². The van der Waals surface area contributed by atoms with Crippen molar-refractivity contribution < 1.29 is 31.5 Å². The Labute approximate surface area is 117 Å². The number of hydrogen-bond acceptors (Lipinski definition) is 4. The van der Waals surface area contributed by atoms with Crippen molar-refractivity contribution in [3.8, 4) is 0 Å². The molecule has 0 amide bonds. The van der Waals surface area contributed by atoms with Crippen LogP contribution in [-0.4, -0.2) is 31.2 Å². The summed E-state index contributed by atoms with van der Waals surface area (Å²) in [5.41, 5.74) is 2.14. The lowest BCUT2D eigenvalue weighted by molar-refractivity contribution is -0.160. The topological polar surface area (TPSA) is 109 Å². The van der Waals surface area contributed by atoms with Crippen LogP contribution in [0.5, 0.6) is 0 Å². The lowest BCUT2D eigenvalue weighted by Crippen LogP contribution is -2.48. The molecule has 1 aromatic carbocycles. The van der Waals surface area contributed by atoms with E-state index in [1.165, 1.54) is 0 Å². The Hall–Kier alpha value is -1.81. The van der Waals surface area contributed by atoms with Crippen LogP contribution >= 0.6 is 0 Å². The van der Waals surface area contributed by atoms with Crippen molar-refractivity contribution in [1.29, 1.82) is 0 Å². The van der Waals surface area contributed by atoms with E-state index in [9.17, 15) is 26.4 Å². The fourth-order valence-electron chi connectivity index (χ4n) is 1.82. The molecule has 1 saturated carbocycles. The summed E-state index contributed by atoms with van der Waals surface area (Å²) in [6, 6.07) is 2.90. The highest BCUT2D eigenvalue weighted by Gasteiger charge is 2.65. The number of carboxylic acids is 1. The molecule has 1 aliphatic carbocycles. The number of benzene rings is 1. The van der Waals surface area contributed by atoms with Crippen molar-refractivity contribution in [2.24, 2.45) is 0 Å². The lowest BCUT2D eigenvalue weighted by atomic mass is 10.2. The normalized spacial score (nSPS) is 17.5. The number of nitrogens with one attached hydrogen (secondary N) is 1. The molecular weight excluding hydrogens is 313 g/mol. The molecular formula is C11H11F3N2O4S. The molecule has 0 atom stereocenters. The number of alkyl halides is 3. The molecule has 1 aliphatic rings. The summed E-state index contributed by atoms with van der Waals surface area (Å²) in [6.07, 6.45) is -5.52. The number of nitrogens with two attached hydrogens (primary N) is 1. The highest BCUT2D eigenvalue weighted by molar-refractivity contribution is 7.89. The van der Waals surface area contributed by atoms with E-state index in [1.54, 1.807) is 4.72 Å². The predicted molar refractivity (Wildman–Crippen MR) is 66.2 cm³/mol. The molecule has 0 bridgehead atoms. The Bertz CT molecular complexity index is 696. The molecule has 1 aromatic rings. The summed E-state index contributed by atoms with van der Waals surface area (Å²) >= 11 is 0. The SMILES string of the molecule is Nc1ccc(C(=O)O)c(S(=O)(=O)NC2(C(F)(F)F)CC2)c1. The Morgan fingerprint density at radius 3 is 2.33 bits per heavy atom. The van der Waals surface area contributed by atoms with Crippen molar-refractivity contribution >= 4 is 21.7 Å². The van der Waals surface area contributed by atoms with Crippen LogP contribution in [0.15, 0.2) is 23.1 Å². The summed E-state index contributed by atoms with van der Waals surface area (Å²) in [5.74, 6) is -1.58. The Morgan fingerprint density at radius 1 is 1.33 bits per heavy atom. The number of sulfonamides is 1. The molecule has 0 spiro atoms. The van der Waals surface area contributed by atoms with Crippen LogP contribution in [0.4, 0.5) is 18.9 Å². The summed E-state index contributed by atoms with van der Waals surface area (Å²) in [5, 5.41) is 8.94. The van der Waals surface area contributed by atoms with Gasteiger partial charge in [0.15, 0.2) is 0 Å². The average Bonchev–Trinajstić information content (AvgIpc) is 3.08. The molecule has 2 rings (SSSR count). The van der Waals surface area contributed by atoms with Gasteiger partial charge in [0.2, 0.25) is 10.0 Å².